The van der Waals surface area contributed by atoms with Crippen molar-refractivity contribution in [1.82, 2.24) is 0 Å². The lowest BCUT2D eigenvalue weighted by Crippen LogP contribution is -2.25. The number of rotatable bonds is 7. The standard InChI is InChI=1S/C27H27FN2O3/c28-24-16-15-21(17-25(24)30-26(31)19-9-3-1-4-10-19)29-27(32)23-14-8-7-11-20(23)18-33-22-12-5-2-6-13-22/h2,5-8,11-17,19H,1,3-4,9-10,18H2,(H,29,32)(H,30,31). The first-order valence-corrected chi connectivity index (χ1v) is 11.3. The smallest absolute Gasteiger partial charge is 0.256 e. The molecule has 0 saturated heterocycles. The molecule has 33 heavy (non-hydrogen) atoms. The minimum Gasteiger partial charge on any atom is -0.489 e. The molecule has 170 valence electrons. The van der Waals surface area contributed by atoms with Crippen molar-refractivity contribution in [3.05, 3.63) is 89.7 Å². The summed E-state index contributed by atoms with van der Waals surface area (Å²) in [5.74, 6) is -0.412. The van der Waals surface area contributed by atoms with Crippen LogP contribution in [0.15, 0.2) is 72.8 Å². The predicted octanol–water partition coefficient (Wildman–Crippen LogP) is 6.18. The van der Waals surface area contributed by atoms with E-state index in [4.69, 9.17) is 4.74 Å². The lowest BCUT2D eigenvalue weighted by atomic mass is 9.88. The molecule has 0 aliphatic heterocycles. The molecule has 0 radical (unpaired) electrons. The summed E-state index contributed by atoms with van der Waals surface area (Å²) in [5, 5.41) is 5.50. The van der Waals surface area contributed by atoms with Crippen molar-refractivity contribution >= 4 is 23.2 Å². The number of hydrogen-bond donors (Lipinski definition) is 2. The van der Waals surface area contributed by atoms with Crippen LogP contribution in [0.4, 0.5) is 15.8 Å². The number of ether oxygens (including phenoxy) is 1. The SMILES string of the molecule is O=C(Nc1ccc(F)c(NC(=O)C2CCCCC2)c1)c1ccccc1COc1ccccc1. The Morgan fingerprint density at radius 1 is 0.879 bits per heavy atom. The zero-order chi connectivity index (χ0) is 23.0. The number of carbonyl (C=O) groups excluding carboxylic acids is 2. The van der Waals surface area contributed by atoms with Crippen LogP contribution in [0.1, 0.15) is 48.0 Å². The van der Waals surface area contributed by atoms with Gasteiger partial charge in [-0.15, -0.1) is 0 Å². The van der Waals surface area contributed by atoms with Gasteiger partial charge in [0.25, 0.3) is 5.91 Å². The van der Waals surface area contributed by atoms with Crippen molar-refractivity contribution in [1.29, 1.82) is 0 Å². The second-order valence-electron chi connectivity index (χ2n) is 8.23. The first kappa shape index (κ1) is 22.5. The third kappa shape index (κ3) is 5.98. The molecule has 0 atom stereocenters. The molecule has 0 bridgehead atoms. The molecule has 2 N–H and O–H groups in total. The van der Waals surface area contributed by atoms with Gasteiger partial charge < -0.3 is 15.4 Å². The molecular formula is C27H27FN2O3. The highest BCUT2D eigenvalue weighted by Crippen LogP contribution is 2.27. The Balaban J connectivity index is 1.44. The fourth-order valence-corrected chi connectivity index (χ4v) is 4.04. The molecule has 1 fully saturated rings. The number of nitrogens with one attached hydrogen (secondary N) is 2. The molecule has 3 aromatic carbocycles. The summed E-state index contributed by atoms with van der Waals surface area (Å²) in [6.07, 6.45) is 4.82. The van der Waals surface area contributed by atoms with Crippen molar-refractivity contribution < 1.29 is 18.7 Å². The minimum atomic E-state index is -0.534. The maximum Gasteiger partial charge on any atom is 0.256 e. The second-order valence-corrected chi connectivity index (χ2v) is 8.23. The Bertz CT molecular complexity index is 1110. The van der Waals surface area contributed by atoms with Crippen LogP contribution in [-0.2, 0) is 11.4 Å². The summed E-state index contributed by atoms with van der Waals surface area (Å²) >= 11 is 0. The zero-order valence-electron chi connectivity index (χ0n) is 18.4. The largest absolute Gasteiger partial charge is 0.489 e. The van der Waals surface area contributed by atoms with Gasteiger partial charge in [-0.05, 0) is 49.2 Å². The monoisotopic (exact) mass is 446 g/mol. The Morgan fingerprint density at radius 3 is 2.39 bits per heavy atom. The molecule has 0 spiro atoms. The quantitative estimate of drug-likeness (QED) is 0.456. The molecule has 1 aliphatic rings. The number of anilines is 2. The van der Waals surface area contributed by atoms with Crippen LogP contribution in [0, 0.1) is 11.7 Å². The van der Waals surface area contributed by atoms with Crippen molar-refractivity contribution in [3.63, 3.8) is 0 Å². The van der Waals surface area contributed by atoms with Gasteiger partial charge in [-0.1, -0.05) is 55.7 Å². The second kappa shape index (κ2) is 10.8. The van der Waals surface area contributed by atoms with Crippen molar-refractivity contribution in [2.24, 2.45) is 5.92 Å². The summed E-state index contributed by atoms with van der Waals surface area (Å²) < 4.78 is 20.1. The van der Waals surface area contributed by atoms with Crippen LogP contribution in [0.5, 0.6) is 5.75 Å². The van der Waals surface area contributed by atoms with Gasteiger partial charge in [-0.2, -0.15) is 0 Å². The van der Waals surface area contributed by atoms with Gasteiger partial charge in [0.15, 0.2) is 0 Å². The highest BCUT2D eigenvalue weighted by molar-refractivity contribution is 6.05. The van der Waals surface area contributed by atoms with Crippen LogP contribution in [-0.4, -0.2) is 11.8 Å². The number of amides is 2. The third-order valence-corrected chi connectivity index (χ3v) is 5.86. The van der Waals surface area contributed by atoms with Gasteiger partial charge in [0.05, 0.1) is 5.69 Å². The fourth-order valence-electron chi connectivity index (χ4n) is 4.04. The van der Waals surface area contributed by atoms with Gasteiger partial charge in [-0.3, -0.25) is 9.59 Å². The highest BCUT2D eigenvalue weighted by atomic mass is 19.1. The molecule has 0 aromatic heterocycles. The molecular weight excluding hydrogens is 419 g/mol. The number of halogens is 1. The summed E-state index contributed by atoms with van der Waals surface area (Å²) in [5.41, 5.74) is 1.67. The van der Waals surface area contributed by atoms with Crippen LogP contribution in [0.3, 0.4) is 0 Å². The van der Waals surface area contributed by atoms with Crippen molar-refractivity contribution in [3.8, 4) is 5.75 Å². The van der Waals surface area contributed by atoms with E-state index >= 15 is 0 Å². The molecule has 1 saturated carbocycles. The predicted molar refractivity (Wildman–Crippen MR) is 127 cm³/mol. The van der Waals surface area contributed by atoms with Crippen molar-refractivity contribution in [2.75, 3.05) is 10.6 Å². The Labute approximate surface area is 193 Å². The van der Waals surface area contributed by atoms with E-state index in [0.29, 0.717) is 17.0 Å². The zero-order valence-corrected chi connectivity index (χ0v) is 18.4. The highest BCUT2D eigenvalue weighted by Gasteiger charge is 2.22. The normalized spacial score (nSPS) is 13.8. The van der Waals surface area contributed by atoms with E-state index in [1.54, 1.807) is 12.1 Å². The third-order valence-electron chi connectivity index (χ3n) is 5.86. The summed E-state index contributed by atoms with van der Waals surface area (Å²) in [6, 6.07) is 20.7. The molecule has 4 rings (SSSR count). The summed E-state index contributed by atoms with van der Waals surface area (Å²) in [6.45, 7) is 0.236. The molecule has 0 unspecified atom stereocenters. The summed E-state index contributed by atoms with van der Waals surface area (Å²) in [4.78, 5) is 25.5. The first-order valence-electron chi connectivity index (χ1n) is 11.3. The van der Waals surface area contributed by atoms with E-state index in [-0.39, 0.29) is 30.0 Å². The first-order chi connectivity index (χ1) is 16.1. The summed E-state index contributed by atoms with van der Waals surface area (Å²) in [7, 11) is 0. The van der Waals surface area contributed by atoms with E-state index in [1.807, 2.05) is 42.5 Å². The van der Waals surface area contributed by atoms with Crippen LogP contribution in [0.2, 0.25) is 0 Å². The van der Waals surface area contributed by atoms with E-state index in [0.717, 1.165) is 37.7 Å². The maximum absolute atomic E-state index is 14.3. The van der Waals surface area contributed by atoms with Gasteiger partial charge in [0.1, 0.15) is 18.2 Å². The Hall–Kier alpha value is -3.67. The van der Waals surface area contributed by atoms with Crippen LogP contribution in [0.25, 0.3) is 0 Å². The number of hydrogen-bond acceptors (Lipinski definition) is 3. The lowest BCUT2D eigenvalue weighted by Gasteiger charge is -2.21. The van der Waals surface area contributed by atoms with Crippen LogP contribution < -0.4 is 15.4 Å². The van der Waals surface area contributed by atoms with Crippen LogP contribution >= 0.6 is 0 Å². The lowest BCUT2D eigenvalue weighted by molar-refractivity contribution is -0.120. The molecule has 3 aromatic rings. The van der Waals surface area contributed by atoms with E-state index in [2.05, 4.69) is 10.6 Å². The maximum atomic E-state index is 14.3. The molecule has 0 heterocycles. The van der Waals surface area contributed by atoms with Gasteiger partial charge in [0.2, 0.25) is 5.91 Å². The number of carbonyl (C=O) groups is 2. The van der Waals surface area contributed by atoms with Gasteiger partial charge in [0, 0.05) is 22.7 Å². The van der Waals surface area contributed by atoms with Gasteiger partial charge >= 0.3 is 0 Å². The molecule has 1 aliphatic carbocycles. The topological polar surface area (TPSA) is 67.4 Å². The average molecular weight is 447 g/mol. The van der Waals surface area contributed by atoms with E-state index < -0.39 is 5.82 Å². The van der Waals surface area contributed by atoms with E-state index in [9.17, 15) is 14.0 Å². The Morgan fingerprint density at radius 2 is 1.61 bits per heavy atom. The molecule has 6 heteroatoms. The van der Waals surface area contributed by atoms with E-state index in [1.165, 1.54) is 18.2 Å². The number of para-hydroxylation sites is 1. The Kier molecular flexibility index (Phi) is 7.35. The van der Waals surface area contributed by atoms with Gasteiger partial charge in [-0.25, -0.2) is 4.39 Å². The molecule has 5 nitrogen and oxygen atoms in total. The molecule has 2 amide bonds. The van der Waals surface area contributed by atoms with Crippen molar-refractivity contribution in [2.45, 2.75) is 38.7 Å². The average Bonchev–Trinajstić information content (AvgIpc) is 2.86. The minimum absolute atomic E-state index is 0.0732. The number of benzene rings is 3. The fraction of sp³-hybridized carbons (Fsp3) is 0.259.